The van der Waals surface area contributed by atoms with Gasteiger partial charge in [0.15, 0.2) is 0 Å². The number of hydrogen-bond donors (Lipinski definition) is 5. The molecule has 0 aliphatic heterocycles. The van der Waals surface area contributed by atoms with Crippen LogP contribution in [0.2, 0.25) is 0 Å². The Kier molecular flexibility index (Phi) is 10.2. The van der Waals surface area contributed by atoms with Crippen molar-refractivity contribution >= 4 is 23.1 Å². The number of pyridine rings is 2. The van der Waals surface area contributed by atoms with E-state index >= 15 is 0 Å². The Hall–Kier alpha value is -3.08. The van der Waals surface area contributed by atoms with E-state index in [0.29, 0.717) is 42.1 Å². The van der Waals surface area contributed by atoms with E-state index in [-0.39, 0.29) is 17.9 Å². The molecule has 0 saturated heterocycles. The molecule has 3 aromatic heterocycles. The fraction of sp³-hybridized carbons (Fsp3) is 0.462. The number of nitrogens with one attached hydrogen (secondary N) is 5. The molecule has 3 rings (SSSR count). The predicted octanol–water partition coefficient (Wildman–Crippen LogP) is 2.94. The second-order valence-electron chi connectivity index (χ2n) is 9.30. The van der Waals surface area contributed by atoms with Crippen LogP contribution in [-0.2, 0) is 11.2 Å². The molecule has 0 fully saturated rings. The van der Waals surface area contributed by atoms with Crippen LogP contribution in [0.5, 0.6) is 0 Å². The van der Waals surface area contributed by atoms with E-state index < -0.39 is 0 Å². The standard InChI is InChI=1S/C26H37N7O2S/c1-16(2)27-8-10-30-23-13-19(6-7-29-23)26-33-22(15-36-26)21-12-20(18(5)32-25(21)35)14-24(34)31-11-9-28-17(3)4/h6-7,12-13,15-17,27-28H,8-11,14H2,1-5H3,(H,29,30)(H,31,34)(H,32,35). The zero-order valence-electron chi connectivity index (χ0n) is 21.7. The van der Waals surface area contributed by atoms with Gasteiger partial charge in [-0.1, -0.05) is 27.7 Å². The van der Waals surface area contributed by atoms with E-state index in [0.717, 1.165) is 35.0 Å². The van der Waals surface area contributed by atoms with E-state index in [1.807, 2.05) is 24.4 Å². The summed E-state index contributed by atoms with van der Waals surface area (Å²) in [7, 11) is 0. The molecule has 3 heterocycles. The van der Waals surface area contributed by atoms with Gasteiger partial charge in [0, 0.05) is 61.1 Å². The third-order valence-corrected chi connectivity index (χ3v) is 6.36. The van der Waals surface area contributed by atoms with Gasteiger partial charge in [-0.2, -0.15) is 0 Å². The van der Waals surface area contributed by atoms with Crippen molar-refractivity contribution in [1.29, 1.82) is 0 Å². The fourth-order valence-corrected chi connectivity index (χ4v) is 4.40. The maximum atomic E-state index is 12.7. The molecule has 0 aromatic carbocycles. The highest BCUT2D eigenvalue weighted by Crippen LogP contribution is 2.29. The number of nitrogens with zero attached hydrogens (tertiary/aromatic N) is 2. The molecule has 0 atom stereocenters. The number of aromatic nitrogens is 3. The first kappa shape index (κ1) is 27.5. The van der Waals surface area contributed by atoms with Crippen molar-refractivity contribution in [3.63, 3.8) is 0 Å². The van der Waals surface area contributed by atoms with E-state index in [1.54, 1.807) is 12.3 Å². The van der Waals surface area contributed by atoms with Crippen LogP contribution in [0.25, 0.3) is 21.8 Å². The van der Waals surface area contributed by atoms with Gasteiger partial charge in [-0.05, 0) is 30.7 Å². The Bertz CT molecular complexity index is 1200. The first-order valence-corrected chi connectivity index (χ1v) is 13.2. The summed E-state index contributed by atoms with van der Waals surface area (Å²) >= 11 is 1.47. The van der Waals surface area contributed by atoms with Crippen LogP contribution >= 0.6 is 11.3 Å². The summed E-state index contributed by atoms with van der Waals surface area (Å²) in [5, 5.41) is 15.5. The molecule has 194 valence electrons. The minimum absolute atomic E-state index is 0.0824. The van der Waals surface area contributed by atoms with E-state index in [9.17, 15) is 9.59 Å². The molecule has 36 heavy (non-hydrogen) atoms. The molecular weight excluding hydrogens is 474 g/mol. The molecule has 0 spiro atoms. The Morgan fingerprint density at radius 2 is 1.78 bits per heavy atom. The lowest BCUT2D eigenvalue weighted by Gasteiger charge is -2.11. The van der Waals surface area contributed by atoms with E-state index in [4.69, 9.17) is 4.98 Å². The highest BCUT2D eigenvalue weighted by molar-refractivity contribution is 7.13. The molecule has 3 aromatic rings. The number of anilines is 1. The molecule has 0 unspecified atom stereocenters. The SMILES string of the molecule is Cc1[nH]c(=O)c(-c2csc(-c3ccnc(NCCNC(C)C)c3)n2)cc1CC(=O)NCCNC(C)C. The summed E-state index contributed by atoms with van der Waals surface area (Å²) in [6, 6.07) is 6.45. The molecule has 10 heteroatoms. The summed E-state index contributed by atoms with van der Waals surface area (Å²) in [4.78, 5) is 37.1. The van der Waals surface area contributed by atoms with E-state index in [1.165, 1.54) is 11.3 Å². The number of thiazole rings is 1. The second-order valence-corrected chi connectivity index (χ2v) is 10.2. The maximum absolute atomic E-state index is 12.7. The monoisotopic (exact) mass is 511 g/mol. The van der Waals surface area contributed by atoms with Gasteiger partial charge in [-0.25, -0.2) is 9.97 Å². The number of carbonyl (C=O) groups excluding carboxylic acids is 1. The zero-order chi connectivity index (χ0) is 26.1. The van der Waals surface area contributed by atoms with Crippen molar-refractivity contribution in [3.8, 4) is 21.8 Å². The average Bonchev–Trinajstić information content (AvgIpc) is 3.31. The molecular formula is C26H37N7O2S. The number of H-pyrrole nitrogens is 1. The van der Waals surface area contributed by atoms with Crippen LogP contribution in [0.3, 0.4) is 0 Å². The number of aryl methyl sites for hydroxylation is 1. The molecule has 0 saturated carbocycles. The minimum Gasteiger partial charge on any atom is -0.369 e. The van der Waals surface area contributed by atoms with Crippen molar-refractivity contribution in [1.82, 2.24) is 30.9 Å². The quantitative estimate of drug-likeness (QED) is 0.224. The van der Waals surface area contributed by atoms with Gasteiger partial charge in [-0.15, -0.1) is 11.3 Å². The van der Waals surface area contributed by atoms with Gasteiger partial charge in [0.25, 0.3) is 5.56 Å². The van der Waals surface area contributed by atoms with Gasteiger partial charge in [-0.3, -0.25) is 9.59 Å². The van der Waals surface area contributed by atoms with Gasteiger partial charge >= 0.3 is 0 Å². The second kappa shape index (κ2) is 13.3. The molecule has 0 aliphatic carbocycles. The van der Waals surface area contributed by atoms with Crippen molar-refractivity contribution in [3.05, 3.63) is 51.4 Å². The lowest BCUT2D eigenvalue weighted by atomic mass is 10.1. The maximum Gasteiger partial charge on any atom is 0.257 e. The highest BCUT2D eigenvalue weighted by Gasteiger charge is 2.15. The molecule has 0 bridgehead atoms. The van der Waals surface area contributed by atoms with Crippen LogP contribution in [0, 0.1) is 6.92 Å². The number of hydrogen-bond acceptors (Lipinski definition) is 8. The molecule has 9 nitrogen and oxygen atoms in total. The van der Waals surface area contributed by atoms with Crippen molar-refractivity contribution < 1.29 is 4.79 Å². The van der Waals surface area contributed by atoms with Crippen LogP contribution in [0.4, 0.5) is 5.82 Å². The lowest BCUT2D eigenvalue weighted by molar-refractivity contribution is -0.120. The van der Waals surface area contributed by atoms with Crippen molar-refractivity contribution in [2.24, 2.45) is 0 Å². The molecule has 5 N–H and O–H groups in total. The van der Waals surface area contributed by atoms with Gasteiger partial charge in [0.05, 0.1) is 17.7 Å². The van der Waals surface area contributed by atoms with Crippen LogP contribution in [0.15, 0.2) is 34.6 Å². The summed E-state index contributed by atoms with van der Waals surface area (Å²) in [6.45, 7) is 13.0. The van der Waals surface area contributed by atoms with Crippen molar-refractivity contribution in [2.75, 3.05) is 31.5 Å². The smallest absolute Gasteiger partial charge is 0.257 e. The lowest BCUT2D eigenvalue weighted by Crippen LogP contribution is -2.35. The third-order valence-electron chi connectivity index (χ3n) is 5.47. The first-order chi connectivity index (χ1) is 17.2. The normalized spacial score (nSPS) is 11.3. The van der Waals surface area contributed by atoms with Crippen LogP contribution in [0.1, 0.15) is 39.0 Å². The minimum atomic E-state index is -0.218. The summed E-state index contributed by atoms with van der Waals surface area (Å²) in [5.41, 5.74) is 3.22. The number of aromatic amines is 1. The summed E-state index contributed by atoms with van der Waals surface area (Å²) in [6.07, 6.45) is 1.94. The molecule has 0 radical (unpaired) electrons. The zero-order valence-corrected chi connectivity index (χ0v) is 22.5. The number of rotatable bonds is 13. The predicted molar refractivity (Wildman–Crippen MR) is 148 cm³/mol. The summed E-state index contributed by atoms with van der Waals surface area (Å²) in [5.74, 6) is 0.695. The number of carbonyl (C=O) groups is 1. The Morgan fingerprint density at radius 3 is 2.50 bits per heavy atom. The fourth-order valence-electron chi connectivity index (χ4n) is 3.58. The number of amides is 1. The Morgan fingerprint density at radius 1 is 1.06 bits per heavy atom. The Labute approximate surface area is 216 Å². The average molecular weight is 512 g/mol. The van der Waals surface area contributed by atoms with Gasteiger partial charge in [0.1, 0.15) is 10.8 Å². The van der Waals surface area contributed by atoms with Crippen LogP contribution < -0.4 is 26.8 Å². The highest BCUT2D eigenvalue weighted by atomic mass is 32.1. The van der Waals surface area contributed by atoms with E-state index in [2.05, 4.69) is 58.9 Å². The molecule has 1 amide bonds. The molecule has 0 aliphatic rings. The van der Waals surface area contributed by atoms with Crippen LogP contribution in [-0.4, -0.2) is 59.1 Å². The van der Waals surface area contributed by atoms with Gasteiger partial charge < -0.3 is 26.3 Å². The summed E-state index contributed by atoms with van der Waals surface area (Å²) < 4.78 is 0. The largest absolute Gasteiger partial charge is 0.369 e. The topological polar surface area (TPSA) is 124 Å². The van der Waals surface area contributed by atoms with Crippen molar-refractivity contribution in [2.45, 2.75) is 53.1 Å². The third kappa shape index (κ3) is 8.25. The first-order valence-electron chi connectivity index (χ1n) is 12.4. The van der Waals surface area contributed by atoms with Gasteiger partial charge in [0.2, 0.25) is 5.91 Å². The Balaban J connectivity index is 1.70.